The van der Waals surface area contributed by atoms with E-state index >= 15 is 0 Å². The van der Waals surface area contributed by atoms with Gasteiger partial charge in [0.1, 0.15) is 0 Å². The Morgan fingerprint density at radius 2 is 1.95 bits per heavy atom. The number of nitrogens with zero attached hydrogens (tertiary/aromatic N) is 1. The fourth-order valence-corrected chi connectivity index (χ4v) is 3.53. The third-order valence-electron chi connectivity index (χ3n) is 4.99. The molecule has 0 spiro atoms. The largest absolute Gasteiger partial charge is 0.398 e. The van der Waals surface area contributed by atoms with Gasteiger partial charge in [-0.1, -0.05) is 13.0 Å². The van der Waals surface area contributed by atoms with E-state index in [1.807, 2.05) is 17.9 Å². The number of fused-ring (bicyclic) bond motifs is 1. The minimum atomic E-state index is 0.222. The second-order valence-electron chi connectivity index (χ2n) is 6.53. The molecule has 0 radical (unpaired) electrons. The Hall–Kier alpha value is -1.51. The SMILES string of the molecule is Cc1cc2c(cc1N)N(C(=O)C1CCC(C)CC1)CC2. The van der Waals surface area contributed by atoms with Crippen LogP contribution in [0.1, 0.15) is 43.7 Å². The first kappa shape index (κ1) is 13.5. The Balaban J connectivity index is 1.80. The van der Waals surface area contributed by atoms with Crippen molar-refractivity contribution in [2.24, 2.45) is 11.8 Å². The van der Waals surface area contributed by atoms with Crippen LogP contribution in [0.4, 0.5) is 11.4 Å². The van der Waals surface area contributed by atoms with Gasteiger partial charge >= 0.3 is 0 Å². The molecule has 1 aromatic rings. The van der Waals surface area contributed by atoms with Crippen molar-refractivity contribution in [1.29, 1.82) is 0 Å². The Labute approximate surface area is 121 Å². The molecule has 0 unspecified atom stereocenters. The first-order valence-electron chi connectivity index (χ1n) is 7.76. The van der Waals surface area contributed by atoms with Crippen molar-refractivity contribution in [3.05, 3.63) is 23.3 Å². The molecule has 108 valence electrons. The number of nitrogens with two attached hydrogens (primary N) is 1. The molecule has 1 aliphatic carbocycles. The van der Waals surface area contributed by atoms with Gasteiger partial charge in [-0.3, -0.25) is 4.79 Å². The van der Waals surface area contributed by atoms with Crippen molar-refractivity contribution in [2.75, 3.05) is 17.2 Å². The van der Waals surface area contributed by atoms with Crippen LogP contribution >= 0.6 is 0 Å². The van der Waals surface area contributed by atoms with E-state index in [9.17, 15) is 4.79 Å². The molecule has 2 N–H and O–H groups in total. The number of nitrogen functional groups attached to an aromatic ring is 1. The maximum Gasteiger partial charge on any atom is 0.230 e. The topological polar surface area (TPSA) is 46.3 Å². The van der Waals surface area contributed by atoms with Crippen LogP contribution in [0.3, 0.4) is 0 Å². The quantitative estimate of drug-likeness (QED) is 0.797. The molecule has 1 amide bonds. The third kappa shape index (κ3) is 2.30. The molecule has 3 nitrogen and oxygen atoms in total. The molecule has 2 aliphatic rings. The van der Waals surface area contributed by atoms with Crippen molar-refractivity contribution in [3.8, 4) is 0 Å². The zero-order valence-corrected chi connectivity index (χ0v) is 12.5. The normalized spacial score (nSPS) is 25.6. The highest BCUT2D eigenvalue weighted by atomic mass is 16.2. The number of hydrogen-bond donors (Lipinski definition) is 1. The average Bonchev–Trinajstić information content (AvgIpc) is 2.82. The maximum atomic E-state index is 12.8. The summed E-state index contributed by atoms with van der Waals surface area (Å²) in [5.41, 5.74) is 10.2. The fourth-order valence-electron chi connectivity index (χ4n) is 3.53. The summed E-state index contributed by atoms with van der Waals surface area (Å²) in [6.07, 6.45) is 5.44. The van der Waals surface area contributed by atoms with Gasteiger partial charge in [0.2, 0.25) is 5.91 Å². The highest BCUT2D eigenvalue weighted by Gasteiger charge is 2.32. The van der Waals surface area contributed by atoms with Crippen LogP contribution in [0, 0.1) is 18.8 Å². The van der Waals surface area contributed by atoms with Gasteiger partial charge in [-0.25, -0.2) is 0 Å². The van der Waals surface area contributed by atoms with Gasteiger partial charge in [-0.05, 0) is 62.1 Å². The molecule has 1 saturated carbocycles. The summed E-state index contributed by atoms with van der Waals surface area (Å²) in [6.45, 7) is 5.14. The maximum absolute atomic E-state index is 12.8. The van der Waals surface area contributed by atoms with E-state index in [0.717, 1.165) is 48.7 Å². The van der Waals surface area contributed by atoms with Crippen molar-refractivity contribution >= 4 is 17.3 Å². The number of rotatable bonds is 1. The van der Waals surface area contributed by atoms with Gasteiger partial charge in [-0.15, -0.1) is 0 Å². The van der Waals surface area contributed by atoms with E-state index in [1.54, 1.807) is 0 Å². The average molecular weight is 272 g/mol. The van der Waals surface area contributed by atoms with E-state index in [2.05, 4.69) is 13.0 Å². The van der Waals surface area contributed by atoms with E-state index in [4.69, 9.17) is 5.73 Å². The van der Waals surface area contributed by atoms with Gasteiger partial charge in [0, 0.05) is 23.8 Å². The standard InChI is InChI=1S/C17H24N2O/c1-11-3-5-13(6-4-11)17(20)19-8-7-14-9-12(2)15(18)10-16(14)19/h9-11,13H,3-8,18H2,1-2H3. The van der Waals surface area contributed by atoms with Crippen molar-refractivity contribution in [1.82, 2.24) is 0 Å². The minimum absolute atomic E-state index is 0.222. The predicted molar refractivity (Wildman–Crippen MR) is 82.8 cm³/mol. The number of anilines is 2. The summed E-state index contributed by atoms with van der Waals surface area (Å²) in [7, 11) is 0. The molecule has 3 rings (SSSR count). The van der Waals surface area contributed by atoms with Gasteiger partial charge in [-0.2, -0.15) is 0 Å². The molecular formula is C17H24N2O. The lowest BCUT2D eigenvalue weighted by atomic mass is 9.82. The van der Waals surface area contributed by atoms with Crippen molar-refractivity contribution < 1.29 is 4.79 Å². The first-order chi connectivity index (χ1) is 9.56. The van der Waals surface area contributed by atoms with Crippen molar-refractivity contribution in [2.45, 2.75) is 46.0 Å². The molecule has 1 aliphatic heterocycles. The summed E-state index contributed by atoms with van der Waals surface area (Å²) in [5.74, 6) is 1.32. The van der Waals surface area contributed by atoms with Crippen LogP contribution in [0.5, 0.6) is 0 Å². The summed E-state index contributed by atoms with van der Waals surface area (Å²) < 4.78 is 0. The minimum Gasteiger partial charge on any atom is -0.398 e. The van der Waals surface area contributed by atoms with Gasteiger partial charge in [0.15, 0.2) is 0 Å². The van der Waals surface area contributed by atoms with Gasteiger partial charge < -0.3 is 10.6 Å². The predicted octanol–water partition coefficient (Wildman–Crippen LogP) is 3.29. The zero-order chi connectivity index (χ0) is 14.3. The number of hydrogen-bond acceptors (Lipinski definition) is 2. The zero-order valence-electron chi connectivity index (χ0n) is 12.5. The number of amides is 1. The van der Waals surface area contributed by atoms with Crippen LogP contribution in [0.25, 0.3) is 0 Å². The smallest absolute Gasteiger partial charge is 0.230 e. The number of aryl methyl sites for hydroxylation is 1. The molecule has 0 bridgehead atoms. The van der Waals surface area contributed by atoms with Crippen LogP contribution in [0.2, 0.25) is 0 Å². The summed E-state index contributed by atoms with van der Waals surface area (Å²) in [6, 6.07) is 4.13. The van der Waals surface area contributed by atoms with Crippen LogP contribution < -0.4 is 10.6 Å². The highest BCUT2D eigenvalue weighted by Crippen LogP contribution is 2.36. The molecule has 1 aromatic carbocycles. The molecule has 0 atom stereocenters. The van der Waals surface area contributed by atoms with Crippen LogP contribution in [0.15, 0.2) is 12.1 Å². The fraction of sp³-hybridized carbons (Fsp3) is 0.588. The summed E-state index contributed by atoms with van der Waals surface area (Å²) >= 11 is 0. The molecule has 1 fully saturated rings. The number of carbonyl (C=O) groups excluding carboxylic acids is 1. The molecule has 0 saturated heterocycles. The van der Waals surface area contributed by atoms with Gasteiger partial charge in [0.25, 0.3) is 0 Å². The number of benzene rings is 1. The monoisotopic (exact) mass is 272 g/mol. The Bertz CT molecular complexity index is 530. The molecule has 3 heteroatoms. The lowest BCUT2D eigenvalue weighted by Crippen LogP contribution is -2.36. The van der Waals surface area contributed by atoms with E-state index < -0.39 is 0 Å². The molecule has 0 aromatic heterocycles. The van der Waals surface area contributed by atoms with E-state index in [-0.39, 0.29) is 5.92 Å². The summed E-state index contributed by atoms with van der Waals surface area (Å²) in [5, 5.41) is 0. The Morgan fingerprint density at radius 3 is 2.65 bits per heavy atom. The molecule has 20 heavy (non-hydrogen) atoms. The van der Waals surface area contributed by atoms with E-state index in [1.165, 1.54) is 18.4 Å². The molecule has 1 heterocycles. The summed E-state index contributed by atoms with van der Waals surface area (Å²) in [4.78, 5) is 14.7. The Morgan fingerprint density at radius 1 is 1.25 bits per heavy atom. The lowest BCUT2D eigenvalue weighted by molar-refractivity contribution is -0.123. The lowest BCUT2D eigenvalue weighted by Gasteiger charge is -2.29. The first-order valence-corrected chi connectivity index (χ1v) is 7.76. The third-order valence-corrected chi connectivity index (χ3v) is 4.99. The van der Waals surface area contributed by atoms with E-state index in [0.29, 0.717) is 5.91 Å². The Kier molecular flexibility index (Phi) is 3.45. The second-order valence-corrected chi connectivity index (χ2v) is 6.53. The molecular weight excluding hydrogens is 248 g/mol. The van der Waals surface area contributed by atoms with Crippen LogP contribution in [-0.2, 0) is 11.2 Å². The number of carbonyl (C=O) groups is 1. The highest BCUT2D eigenvalue weighted by molar-refractivity contribution is 5.97. The van der Waals surface area contributed by atoms with Gasteiger partial charge in [0.05, 0.1) is 0 Å². The van der Waals surface area contributed by atoms with Crippen LogP contribution in [-0.4, -0.2) is 12.5 Å². The van der Waals surface area contributed by atoms with Crippen molar-refractivity contribution in [3.63, 3.8) is 0 Å². The second kappa shape index (κ2) is 5.12.